The summed E-state index contributed by atoms with van der Waals surface area (Å²) in [5.41, 5.74) is 0. The topological polar surface area (TPSA) is 65.0 Å². The molecule has 2 unspecified atom stereocenters. The summed E-state index contributed by atoms with van der Waals surface area (Å²) < 4.78 is 26.4. The van der Waals surface area contributed by atoms with Crippen molar-refractivity contribution in [2.24, 2.45) is 0 Å². The Morgan fingerprint density at radius 2 is 2.20 bits per heavy atom. The summed E-state index contributed by atoms with van der Waals surface area (Å²) in [5.74, 6) is 0. The van der Waals surface area contributed by atoms with E-state index in [1.165, 1.54) is 13.8 Å². The first kappa shape index (κ1) is 13.3. The van der Waals surface area contributed by atoms with Crippen LogP contribution in [0.5, 0.6) is 0 Å². The molecule has 0 saturated carbocycles. The first-order valence-corrected chi connectivity index (χ1v) is 6.62. The van der Waals surface area contributed by atoms with Crippen LogP contribution >= 0.6 is 7.25 Å². The van der Waals surface area contributed by atoms with Gasteiger partial charge in [-0.15, -0.1) is 0 Å². The molecule has 0 aromatic carbocycles. The number of hydrogen-bond donors (Lipinski definition) is 1. The molecule has 5 nitrogen and oxygen atoms in total. The molecular formula is C7H13B2O5P. The molecule has 0 bridgehead atoms. The van der Waals surface area contributed by atoms with Gasteiger partial charge in [0.2, 0.25) is 7.57 Å². The molecule has 0 spiro atoms. The molecule has 82 valence electrons. The van der Waals surface area contributed by atoms with Crippen LogP contribution in [-0.4, -0.2) is 65.2 Å². The van der Waals surface area contributed by atoms with Crippen LogP contribution in [-0.2, 0) is 18.6 Å². The van der Waals surface area contributed by atoms with Gasteiger partial charge in [0.1, 0.15) is 33.4 Å². The Hall–Kier alpha value is 0.200. The summed E-state index contributed by atoms with van der Waals surface area (Å²) in [7, 11) is 9.02. The van der Waals surface area contributed by atoms with Crippen molar-refractivity contribution in [1.29, 1.82) is 0 Å². The molecule has 8 heteroatoms. The molecule has 1 N–H and O–H groups in total. The van der Waals surface area contributed by atoms with E-state index in [2.05, 4.69) is 0 Å². The van der Waals surface area contributed by atoms with E-state index in [1.807, 2.05) is 0 Å². The number of methoxy groups -OCH3 is 1. The van der Waals surface area contributed by atoms with Crippen molar-refractivity contribution < 1.29 is 23.7 Å². The van der Waals surface area contributed by atoms with Gasteiger partial charge in [-0.2, -0.15) is 0 Å². The van der Waals surface area contributed by atoms with Crippen molar-refractivity contribution >= 4 is 22.7 Å². The third kappa shape index (κ3) is 3.61. The number of aliphatic hydroxyl groups is 1. The van der Waals surface area contributed by atoms with Crippen LogP contribution in [0.1, 0.15) is 0 Å². The number of ether oxygens (including phenoxy) is 2. The molecule has 1 fully saturated rings. The lowest BCUT2D eigenvalue weighted by Crippen LogP contribution is -2.36. The molecule has 5 atom stereocenters. The SMILES string of the molecule is [B][C@@H]1O[C@H](COC)C(OP([B])(C)=O)[C@@H]1O. The van der Waals surface area contributed by atoms with Crippen LogP contribution in [0.3, 0.4) is 0 Å². The minimum atomic E-state index is -3.19. The smallest absolute Gasteiger partial charge is 0.202 e. The highest BCUT2D eigenvalue weighted by atomic mass is 31.2. The maximum Gasteiger partial charge on any atom is 0.202 e. The highest BCUT2D eigenvalue weighted by Gasteiger charge is 2.43. The summed E-state index contributed by atoms with van der Waals surface area (Å²) in [5, 5.41) is 9.61. The van der Waals surface area contributed by atoms with Gasteiger partial charge in [0.15, 0.2) is 0 Å². The quantitative estimate of drug-likeness (QED) is 0.509. The molecule has 0 aromatic rings. The molecule has 1 saturated heterocycles. The summed E-state index contributed by atoms with van der Waals surface area (Å²) in [6.45, 7) is 1.45. The van der Waals surface area contributed by atoms with E-state index < -0.39 is 31.6 Å². The molecule has 0 aromatic heterocycles. The Bertz CT molecular complexity index is 258. The van der Waals surface area contributed by atoms with Crippen molar-refractivity contribution in [3.63, 3.8) is 0 Å². The average molecular weight is 230 g/mol. The standard InChI is InChI=1S/C7H13B2O5P/c1-12-3-4-6(14-15(2,9)11)5(10)7(8)13-4/h4-7,10H,3H2,1-2H3/t4-,5+,6?,7-,15?/m1/s1. The Morgan fingerprint density at radius 3 is 2.67 bits per heavy atom. The van der Waals surface area contributed by atoms with E-state index in [0.29, 0.717) is 0 Å². The van der Waals surface area contributed by atoms with Crippen LogP contribution in [0.4, 0.5) is 0 Å². The van der Waals surface area contributed by atoms with Gasteiger partial charge in [-0.3, -0.25) is 0 Å². The third-order valence-corrected chi connectivity index (χ3v) is 2.70. The van der Waals surface area contributed by atoms with E-state index in [1.54, 1.807) is 0 Å². The Morgan fingerprint density at radius 1 is 1.60 bits per heavy atom. The molecule has 1 heterocycles. The fraction of sp³-hybridized carbons (Fsp3) is 1.00. The first-order chi connectivity index (χ1) is 6.85. The molecule has 1 aliphatic rings. The van der Waals surface area contributed by atoms with Crippen LogP contribution in [0.2, 0.25) is 0 Å². The summed E-state index contributed by atoms with van der Waals surface area (Å²) in [4.78, 5) is 0. The molecule has 15 heavy (non-hydrogen) atoms. The van der Waals surface area contributed by atoms with Gasteiger partial charge in [-0.1, -0.05) is 0 Å². The zero-order valence-electron chi connectivity index (χ0n) is 8.70. The zero-order chi connectivity index (χ0) is 11.6. The van der Waals surface area contributed by atoms with Crippen molar-refractivity contribution in [2.75, 3.05) is 20.4 Å². The summed E-state index contributed by atoms with van der Waals surface area (Å²) >= 11 is 0. The van der Waals surface area contributed by atoms with Gasteiger partial charge in [0.25, 0.3) is 0 Å². The first-order valence-electron chi connectivity index (χ1n) is 4.47. The Labute approximate surface area is 91.7 Å². The molecule has 4 radical (unpaired) electrons. The predicted molar refractivity (Wildman–Crippen MR) is 56.5 cm³/mol. The molecule has 1 rings (SSSR count). The average Bonchev–Trinajstić information content (AvgIpc) is 2.32. The van der Waals surface area contributed by atoms with Gasteiger partial charge in [0.05, 0.1) is 6.61 Å². The third-order valence-electron chi connectivity index (χ3n) is 2.03. The van der Waals surface area contributed by atoms with Gasteiger partial charge in [-0.05, 0) is 0 Å². The summed E-state index contributed by atoms with van der Waals surface area (Å²) in [6.07, 6.45) is -2.43. The van der Waals surface area contributed by atoms with Crippen LogP contribution in [0.25, 0.3) is 0 Å². The fourth-order valence-electron chi connectivity index (χ4n) is 1.44. The highest BCUT2D eigenvalue weighted by Crippen LogP contribution is 2.41. The number of aliphatic hydroxyl groups excluding tert-OH is 1. The Kier molecular flexibility index (Phi) is 4.44. The van der Waals surface area contributed by atoms with Gasteiger partial charge < -0.3 is 23.7 Å². The molecular weight excluding hydrogens is 217 g/mol. The van der Waals surface area contributed by atoms with Crippen LogP contribution < -0.4 is 0 Å². The van der Waals surface area contributed by atoms with Crippen LogP contribution in [0, 0.1) is 0 Å². The minimum Gasteiger partial charge on any atom is -0.388 e. The van der Waals surface area contributed by atoms with E-state index in [-0.39, 0.29) is 6.61 Å². The Balaban J connectivity index is 2.68. The predicted octanol–water partition coefficient (Wildman–Crippen LogP) is -0.736. The van der Waals surface area contributed by atoms with Gasteiger partial charge in [0, 0.05) is 19.8 Å². The lowest BCUT2D eigenvalue weighted by Gasteiger charge is -2.23. The van der Waals surface area contributed by atoms with Crippen LogP contribution in [0.15, 0.2) is 0 Å². The second kappa shape index (κ2) is 5.02. The second-order valence-electron chi connectivity index (χ2n) is 3.56. The second-order valence-corrected chi connectivity index (χ2v) is 5.59. The highest BCUT2D eigenvalue weighted by molar-refractivity contribution is 7.82. The van der Waals surface area contributed by atoms with Gasteiger partial charge in [-0.25, -0.2) is 0 Å². The van der Waals surface area contributed by atoms with Crippen molar-refractivity contribution in [3.8, 4) is 0 Å². The largest absolute Gasteiger partial charge is 0.388 e. The molecule has 0 aliphatic carbocycles. The van der Waals surface area contributed by atoms with E-state index >= 15 is 0 Å². The fourth-order valence-corrected chi connectivity index (χ4v) is 2.18. The lowest BCUT2D eigenvalue weighted by atomic mass is 9.93. The minimum absolute atomic E-state index is 0.190. The van der Waals surface area contributed by atoms with E-state index in [4.69, 9.17) is 29.4 Å². The van der Waals surface area contributed by atoms with Crippen molar-refractivity contribution in [1.82, 2.24) is 0 Å². The maximum absolute atomic E-state index is 11.3. The number of hydrogen-bond acceptors (Lipinski definition) is 5. The molecule has 1 aliphatic heterocycles. The lowest BCUT2D eigenvalue weighted by molar-refractivity contribution is -0.0100. The molecule has 0 amide bonds. The van der Waals surface area contributed by atoms with Gasteiger partial charge >= 0.3 is 0 Å². The summed E-state index contributed by atoms with van der Waals surface area (Å²) in [6, 6.07) is -0.873. The number of rotatable bonds is 4. The zero-order valence-corrected chi connectivity index (χ0v) is 9.59. The van der Waals surface area contributed by atoms with Crippen molar-refractivity contribution in [2.45, 2.75) is 24.3 Å². The van der Waals surface area contributed by atoms with Crippen molar-refractivity contribution in [3.05, 3.63) is 0 Å². The monoisotopic (exact) mass is 230 g/mol. The van der Waals surface area contributed by atoms with E-state index in [9.17, 15) is 9.67 Å². The normalized spacial score (nSPS) is 40.2. The maximum atomic E-state index is 11.3. The van der Waals surface area contributed by atoms with E-state index in [0.717, 1.165) is 0 Å².